The van der Waals surface area contributed by atoms with Gasteiger partial charge in [0.1, 0.15) is 15.8 Å². The number of hydrogen-bond acceptors (Lipinski definition) is 7. The van der Waals surface area contributed by atoms with E-state index in [-0.39, 0.29) is 0 Å². The van der Waals surface area contributed by atoms with Gasteiger partial charge in [0, 0.05) is 36.3 Å². The number of aromatic nitrogens is 3. The molecule has 124 valence electrons. The smallest absolute Gasteiger partial charge is 0.163 e. The number of nitrogens with two attached hydrogens (primary N) is 1. The van der Waals surface area contributed by atoms with Crippen molar-refractivity contribution in [1.82, 2.24) is 19.9 Å². The molecule has 4 rings (SSSR count). The van der Waals surface area contributed by atoms with Gasteiger partial charge >= 0.3 is 0 Å². The zero-order valence-electron chi connectivity index (χ0n) is 12.9. The maximum absolute atomic E-state index is 6.15. The molecule has 1 aliphatic rings. The Morgan fingerprint density at radius 3 is 2.88 bits per heavy atom. The molecule has 0 unspecified atom stereocenters. The fourth-order valence-corrected chi connectivity index (χ4v) is 3.97. The Labute approximate surface area is 148 Å². The van der Waals surface area contributed by atoms with Gasteiger partial charge in [0.05, 0.1) is 18.6 Å². The molecule has 3 aromatic heterocycles. The molecule has 1 saturated heterocycles. The number of anilines is 1. The number of rotatable bonds is 3. The molecule has 0 aromatic carbocycles. The van der Waals surface area contributed by atoms with Crippen molar-refractivity contribution in [2.75, 3.05) is 32.0 Å². The molecule has 3 aromatic rings. The molecule has 0 saturated carbocycles. The van der Waals surface area contributed by atoms with Crippen LogP contribution in [0.2, 0.25) is 5.15 Å². The number of halogens is 1. The van der Waals surface area contributed by atoms with E-state index in [4.69, 9.17) is 22.1 Å². The molecule has 24 heavy (non-hydrogen) atoms. The van der Waals surface area contributed by atoms with Gasteiger partial charge in [-0.25, -0.2) is 15.0 Å². The third-order valence-electron chi connectivity index (χ3n) is 3.94. The van der Waals surface area contributed by atoms with Crippen LogP contribution in [0.25, 0.3) is 21.6 Å². The van der Waals surface area contributed by atoms with Crippen molar-refractivity contribution in [3.63, 3.8) is 0 Å². The molecule has 0 spiro atoms. The van der Waals surface area contributed by atoms with Crippen molar-refractivity contribution in [3.8, 4) is 11.4 Å². The summed E-state index contributed by atoms with van der Waals surface area (Å²) in [5, 5.41) is 1.32. The van der Waals surface area contributed by atoms with Gasteiger partial charge in [-0.2, -0.15) is 0 Å². The lowest BCUT2D eigenvalue weighted by Gasteiger charge is -2.25. The van der Waals surface area contributed by atoms with E-state index >= 15 is 0 Å². The van der Waals surface area contributed by atoms with E-state index in [9.17, 15) is 0 Å². The van der Waals surface area contributed by atoms with Gasteiger partial charge < -0.3 is 10.5 Å². The van der Waals surface area contributed by atoms with E-state index in [0.29, 0.717) is 16.8 Å². The zero-order chi connectivity index (χ0) is 16.5. The van der Waals surface area contributed by atoms with Gasteiger partial charge in [0.25, 0.3) is 0 Å². The van der Waals surface area contributed by atoms with Crippen molar-refractivity contribution in [2.24, 2.45) is 0 Å². The van der Waals surface area contributed by atoms with E-state index < -0.39 is 0 Å². The molecule has 0 atom stereocenters. The monoisotopic (exact) mass is 361 g/mol. The summed E-state index contributed by atoms with van der Waals surface area (Å²) in [4.78, 5) is 17.6. The highest BCUT2D eigenvalue weighted by atomic mass is 35.5. The predicted octanol–water partition coefficient (Wildman–Crippen LogP) is 2.82. The summed E-state index contributed by atoms with van der Waals surface area (Å²) in [5.74, 6) is 1.07. The lowest BCUT2D eigenvalue weighted by Crippen LogP contribution is -2.35. The number of morpholine rings is 1. The minimum absolute atomic E-state index is 0.411. The number of pyridine rings is 1. The number of ether oxygens (including phenoxy) is 1. The Balaban J connectivity index is 1.67. The van der Waals surface area contributed by atoms with Crippen molar-refractivity contribution in [1.29, 1.82) is 0 Å². The molecule has 6 nitrogen and oxygen atoms in total. The van der Waals surface area contributed by atoms with Crippen molar-refractivity contribution in [3.05, 3.63) is 34.4 Å². The van der Waals surface area contributed by atoms with Crippen LogP contribution >= 0.6 is 22.9 Å². The SMILES string of the molecule is Nc1nc(-c2ccnc(Cl)c2)nc2sc(CN3CCOCC3)cc12. The Morgan fingerprint density at radius 1 is 1.25 bits per heavy atom. The average molecular weight is 362 g/mol. The predicted molar refractivity (Wildman–Crippen MR) is 96.2 cm³/mol. The van der Waals surface area contributed by atoms with Crippen molar-refractivity contribution >= 4 is 39.0 Å². The lowest BCUT2D eigenvalue weighted by atomic mass is 10.2. The number of hydrogen-bond donors (Lipinski definition) is 1. The van der Waals surface area contributed by atoms with E-state index in [0.717, 1.165) is 48.6 Å². The number of fused-ring (bicyclic) bond motifs is 1. The fourth-order valence-electron chi connectivity index (χ4n) is 2.72. The van der Waals surface area contributed by atoms with Gasteiger partial charge in [-0.3, -0.25) is 4.90 Å². The molecule has 0 amide bonds. The third kappa shape index (κ3) is 3.21. The summed E-state index contributed by atoms with van der Waals surface area (Å²) in [7, 11) is 0. The molecule has 8 heteroatoms. The quantitative estimate of drug-likeness (QED) is 0.723. The molecular weight excluding hydrogens is 346 g/mol. The average Bonchev–Trinajstić information content (AvgIpc) is 2.99. The second-order valence-electron chi connectivity index (χ2n) is 5.62. The normalized spacial score (nSPS) is 15.9. The van der Waals surface area contributed by atoms with Crippen LogP contribution < -0.4 is 5.73 Å². The van der Waals surface area contributed by atoms with Gasteiger partial charge in [-0.05, 0) is 18.2 Å². The number of nitrogens with zero attached hydrogens (tertiary/aromatic N) is 4. The molecule has 0 radical (unpaired) electrons. The van der Waals surface area contributed by atoms with E-state index in [1.807, 2.05) is 6.07 Å². The molecule has 0 bridgehead atoms. The minimum atomic E-state index is 0.411. The first-order valence-corrected chi connectivity index (χ1v) is 8.86. The highest BCUT2D eigenvalue weighted by Crippen LogP contribution is 2.31. The summed E-state index contributed by atoms with van der Waals surface area (Å²) in [6.45, 7) is 4.38. The highest BCUT2D eigenvalue weighted by molar-refractivity contribution is 7.18. The Hall–Kier alpha value is -1.80. The summed E-state index contributed by atoms with van der Waals surface area (Å²) in [6.07, 6.45) is 1.64. The largest absolute Gasteiger partial charge is 0.383 e. The van der Waals surface area contributed by atoms with Gasteiger partial charge in [-0.15, -0.1) is 11.3 Å². The molecule has 2 N–H and O–H groups in total. The van der Waals surface area contributed by atoms with Gasteiger partial charge in [0.15, 0.2) is 5.82 Å². The molecule has 1 aliphatic heterocycles. The van der Waals surface area contributed by atoms with Crippen molar-refractivity contribution < 1.29 is 4.74 Å². The third-order valence-corrected chi connectivity index (χ3v) is 5.16. The maximum Gasteiger partial charge on any atom is 0.163 e. The summed E-state index contributed by atoms with van der Waals surface area (Å²) in [5.41, 5.74) is 6.96. The lowest BCUT2D eigenvalue weighted by molar-refractivity contribution is 0.0346. The van der Waals surface area contributed by atoms with E-state index in [2.05, 4.69) is 25.9 Å². The zero-order valence-corrected chi connectivity index (χ0v) is 14.5. The first kappa shape index (κ1) is 15.7. The van der Waals surface area contributed by atoms with E-state index in [1.165, 1.54) is 4.88 Å². The fraction of sp³-hybridized carbons (Fsp3) is 0.312. The summed E-state index contributed by atoms with van der Waals surface area (Å²) >= 11 is 7.61. The van der Waals surface area contributed by atoms with Crippen LogP contribution in [0.5, 0.6) is 0 Å². The van der Waals surface area contributed by atoms with Gasteiger partial charge in [-0.1, -0.05) is 11.6 Å². The van der Waals surface area contributed by atoms with Crippen LogP contribution in [0.1, 0.15) is 4.88 Å². The first-order valence-electron chi connectivity index (χ1n) is 7.67. The van der Waals surface area contributed by atoms with Gasteiger partial charge in [0.2, 0.25) is 0 Å². The summed E-state index contributed by atoms with van der Waals surface area (Å²) in [6, 6.07) is 5.66. The second-order valence-corrected chi connectivity index (χ2v) is 7.12. The molecule has 0 aliphatic carbocycles. The van der Waals surface area contributed by atoms with Crippen molar-refractivity contribution in [2.45, 2.75) is 6.54 Å². The van der Waals surface area contributed by atoms with Crippen LogP contribution in [0.3, 0.4) is 0 Å². The van der Waals surface area contributed by atoms with Crippen LogP contribution in [0.4, 0.5) is 5.82 Å². The van der Waals surface area contributed by atoms with Crippen LogP contribution in [-0.2, 0) is 11.3 Å². The van der Waals surface area contributed by atoms with Crippen LogP contribution in [-0.4, -0.2) is 46.2 Å². The Bertz CT molecular complexity index is 878. The number of nitrogen functional groups attached to an aromatic ring is 1. The number of thiophene rings is 1. The molecule has 1 fully saturated rings. The highest BCUT2D eigenvalue weighted by Gasteiger charge is 2.15. The minimum Gasteiger partial charge on any atom is -0.383 e. The maximum atomic E-state index is 6.15. The molecular formula is C16H16ClN5OS. The standard InChI is InChI=1S/C16H16ClN5OS/c17-13-7-10(1-2-19-13)15-20-14(18)12-8-11(24-16(12)21-15)9-22-3-5-23-6-4-22/h1-2,7-8H,3-6,9H2,(H2,18,20,21). The topological polar surface area (TPSA) is 77.2 Å². The Kier molecular flexibility index (Phi) is 4.32. The van der Waals surface area contributed by atoms with Crippen LogP contribution in [0.15, 0.2) is 24.4 Å². The first-order chi connectivity index (χ1) is 11.7. The second kappa shape index (κ2) is 6.60. The Morgan fingerprint density at radius 2 is 2.08 bits per heavy atom. The summed E-state index contributed by atoms with van der Waals surface area (Å²) < 4.78 is 5.39. The van der Waals surface area contributed by atoms with E-state index in [1.54, 1.807) is 23.6 Å². The molecule has 4 heterocycles. The van der Waals surface area contributed by atoms with Crippen LogP contribution in [0, 0.1) is 0 Å².